The van der Waals surface area contributed by atoms with Gasteiger partial charge in [0, 0.05) is 56.7 Å². The van der Waals surface area contributed by atoms with E-state index in [1.54, 1.807) is 27.5 Å². The molecule has 2 rings (SSSR count). The third kappa shape index (κ3) is 4.77. The quantitative estimate of drug-likeness (QED) is 0.731. The van der Waals surface area contributed by atoms with Gasteiger partial charge in [-0.3, -0.25) is 9.78 Å². The molecule has 1 fully saturated rings. The van der Waals surface area contributed by atoms with E-state index in [0.29, 0.717) is 44.8 Å². The number of amides is 1. The summed E-state index contributed by atoms with van der Waals surface area (Å²) in [5.74, 6) is -0.0680. The van der Waals surface area contributed by atoms with Crippen molar-refractivity contribution in [1.29, 1.82) is 0 Å². The van der Waals surface area contributed by atoms with E-state index >= 15 is 0 Å². The summed E-state index contributed by atoms with van der Waals surface area (Å²) in [5, 5.41) is 0. The van der Waals surface area contributed by atoms with Gasteiger partial charge in [-0.05, 0) is 31.9 Å². The van der Waals surface area contributed by atoms with E-state index < -0.39 is 10.2 Å². The Morgan fingerprint density at radius 1 is 1.16 bits per heavy atom. The van der Waals surface area contributed by atoms with E-state index in [9.17, 15) is 13.2 Å². The van der Waals surface area contributed by atoms with E-state index in [2.05, 4.69) is 4.98 Å². The van der Waals surface area contributed by atoms with Gasteiger partial charge in [-0.2, -0.15) is 17.0 Å². The summed E-state index contributed by atoms with van der Waals surface area (Å²) in [5.41, 5.74) is 1.39. The zero-order valence-electron chi connectivity index (χ0n) is 15.3. The number of hydrogen-bond acceptors (Lipinski definition) is 4. The van der Waals surface area contributed by atoms with Gasteiger partial charge in [0.1, 0.15) is 0 Å². The van der Waals surface area contributed by atoms with Crippen LogP contribution in [0, 0.1) is 6.92 Å². The maximum absolute atomic E-state index is 12.8. The van der Waals surface area contributed by atoms with Crippen LogP contribution in [-0.4, -0.2) is 72.1 Å². The van der Waals surface area contributed by atoms with Crippen molar-refractivity contribution in [2.45, 2.75) is 33.6 Å². The topological polar surface area (TPSA) is 73.8 Å². The minimum Gasteiger partial charge on any atom is -0.336 e. The highest BCUT2D eigenvalue weighted by molar-refractivity contribution is 7.86. The van der Waals surface area contributed by atoms with Crippen LogP contribution in [0.3, 0.4) is 0 Å². The monoisotopic (exact) mass is 368 g/mol. The second kappa shape index (κ2) is 8.73. The molecule has 0 spiro atoms. The molecular weight excluding hydrogens is 340 g/mol. The lowest BCUT2D eigenvalue weighted by atomic mass is 10.2. The third-order valence-corrected chi connectivity index (χ3v) is 6.30. The summed E-state index contributed by atoms with van der Waals surface area (Å²) in [6.07, 6.45) is 3.20. The summed E-state index contributed by atoms with van der Waals surface area (Å²) < 4.78 is 28.6. The molecule has 0 saturated carbocycles. The van der Waals surface area contributed by atoms with E-state index in [0.717, 1.165) is 18.5 Å². The molecule has 0 N–H and O–H groups in total. The predicted octanol–water partition coefficient (Wildman–Crippen LogP) is 1.51. The molecule has 140 valence electrons. The molecule has 0 unspecified atom stereocenters. The highest BCUT2D eigenvalue weighted by Crippen LogP contribution is 2.15. The molecule has 1 aromatic heterocycles. The fourth-order valence-corrected chi connectivity index (χ4v) is 4.77. The normalized spacial score (nSPS) is 16.4. The van der Waals surface area contributed by atoms with Gasteiger partial charge >= 0.3 is 0 Å². The molecule has 2 heterocycles. The number of aryl methyl sites for hydroxylation is 1. The minimum atomic E-state index is -3.45. The van der Waals surface area contributed by atoms with Crippen molar-refractivity contribution >= 4 is 16.1 Å². The maximum Gasteiger partial charge on any atom is 0.282 e. The molecule has 0 radical (unpaired) electrons. The highest BCUT2D eigenvalue weighted by atomic mass is 32.2. The predicted molar refractivity (Wildman–Crippen MR) is 97.5 cm³/mol. The third-order valence-electron chi connectivity index (χ3n) is 4.27. The van der Waals surface area contributed by atoms with Crippen LogP contribution in [0.1, 0.15) is 42.7 Å². The van der Waals surface area contributed by atoms with Crippen molar-refractivity contribution in [3.63, 3.8) is 0 Å². The van der Waals surface area contributed by atoms with Crippen LogP contribution in [0.25, 0.3) is 0 Å². The first-order chi connectivity index (χ1) is 11.9. The van der Waals surface area contributed by atoms with Crippen LogP contribution in [-0.2, 0) is 10.2 Å². The fourth-order valence-electron chi connectivity index (χ4n) is 2.99. The molecule has 0 atom stereocenters. The van der Waals surface area contributed by atoms with Crippen LogP contribution >= 0.6 is 0 Å². The first-order valence-electron chi connectivity index (χ1n) is 8.87. The molecule has 25 heavy (non-hydrogen) atoms. The van der Waals surface area contributed by atoms with Crippen molar-refractivity contribution in [3.05, 3.63) is 29.6 Å². The molecule has 1 aliphatic heterocycles. The smallest absolute Gasteiger partial charge is 0.282 e. The molecule has 0 aromatic carbocycles. The molecule has 1 saturated heterocycles. The zero-order chi connectivity index (χ0) is 18.4. The molecule has 1 amide bonds. The maximum atomic E-state index is 12.8. The van der Waals surface area contributed by atoms with Gasteiger partial charge in [-0.15, -0.1) is 0 Å². The van der Waals surface area contributed by atoms with Gasteiger partial charge in [0.15, 0.2) is 0 Å². The number of pyridine rings is 1. The van der Waals surface area contributed by atoms with Crippen molar-refractivity contribution in [3.8, 4) is 0 Å². The number of carbonyl (C=O) groups excluding carboxylic acids is 1. The Kier molecular flexibility index (Phi) is 6.92. The Morgan fingerprint density at radius 2 is 1.76 bits per heavy atom. The zero-order valence-corrected chi connectivity index (χ0v) is 16.1. The SMILES string of the molecule is CCCN(CCC)S(=O)(=O)N1CCN(C(=O)c2ccnc(C)c2)CC1. The standard InChI is InChI=1S/C17H28N4O3S/c1-4-8-20(9-5-2)25(23,24)21-12-10-19(11-13-21)17(22)16-6-7-18-15(3)14-16/h6-7,14H,4-5,8-13H2,1-3H3. The molecule has 0 aliphatic carbocycles. The lowest BCUT2D eigenvalue weighted by Crippen LogP contribution is -2.54. The van der Waals surface area contributed by atoms with Crippen molar-refractivity contribution < 1.29 is 13.2 Å². The van der Waals surface area contributed by atoms with Crippen LogP contribution in [0.2, 0.25) is 0 Å². The van der Waals surface area contributed by atoms with E-state index in [4.69, 9.17) is 0 Å². The van der Waals surface area contributed by atoms with Crippen molar-refractivity contribution in [1.82, 2.24) is 18.5 Å². The number of aromatic nitrogens is 1. The summed E-state index contributed by atoms with van der Waals surface area (Å²) in [7, 11) is -3.45. The molecule has 1 aliphatic rings. The lowest BCUT2D eigenvalue weighted by molar-refractivity contribution is 0.0693. The van der Waals surface area contributed by atoms with E-state index in [1.807, 2.05) is 20.8 Å². The Balaban J connectivity index is 2.02. The number of carbonyl (C=O) groups is 1. The number of rotatable bonds is 7. The first kappa shape index (κ1) is 19.8. The number of hydrogen-bond donors (Lipinski definition) is 0. The van der Waals surface area contributed by atoms with Crippen LogP contribution in [0.4, 0.5) is 0 Å². The average Bonchev–Trinajstić information content (AvgIpc) is 2.61. The van der Waals surface area contributed by atoms with Crippen molar-refractivity contribution in [2.75, 3.05) is 39.3 Å². The lowest BCUT2D eigenvalue weighted by Gasteiger charge is -2.36. The number of piperazine rings is 1. The van der Waals surface area contributed by atoms with Crippen LogP contribution in [0.5, 0.6) is 0 Å². The Hall–Kier alpha value is -1.51. The summed E-state index contributed by atoms with van der Waals surface area (Å²) in [6.45, 7) is 8.35. The molecular formula is C17H28N4O3S. The number of nitrogens with zero attached hydrogens (tertiary/aromatic N) is 4. The second-order valence-electron chi connectivity index (χ2n) is 6.28. The van der Waals surface area contributed by atoms with Gasteiger partial charge in [0.05, 0.1) is 0 Å². The van der Waals surface area contributed by atoms with E-state index in [-0.39, 0.29) is 5.91 Å². The van der Waals surface area contributed by atoms with Gasteiger partial charge < -0.3 is 4.90 Å². The van der Waals surface area contributed by atoms with Crippen LogP contribution < -0.4 is 0 Å². The van der Waals surface area contributed by atoms with Crippen LogP contribution in [0.15, 0.2) is 18.3 Å². The molecule has 8 heteroatoms. The Labute approximate surface area is 150 Å². The summed E-state index contributed by atoms with van der Waals surface area (Å²) in [6, 6.07) is 3.46. The van der Waals surface area contributed by atoms with Crippen molar-refractivity contribution in [2.24, 2.45) is 0 Å². The highest BCUT2D eigenvalue weighted by Gasteiger charge is 2.32. The summed E-state index contributed by atoms with van der Waals surface area (Å²) >= 11 is 0. The largest absolute Gasteiger partial charge is 0.336 e. The van der Waals surface area contributed by atoms with E-state index in [1.165, 1.54) is 4.31 Å². The second-order valence-corrected chi connectivity index (χ2v) is 8.21. The van der Waals surface area contributed by atoms with Gasteiger partial charge in [0.2, 0.25) is 0 Å². The molecule has 1 aromatic rings. The Morgan fingerprint density at radius 3 is 2.28 bits per heavy atom. The Bertz CT molecular complexity index is 679. The molecule has 0 bridgehead atoms. The van der Waals surface area contributed by atoms with Gasteiger partial charge in [-0.25, -0.2) is 0 Å². The summed E-state index contributed by atoms with van der Waals surface area (Å²) in [4.78, 5) is 18.4. The molecule has 7 nitrogen and oxygen atoms in total. The average molecular weight is 369 g/mol. The first-order valence-corrected chi connectivity index (χ1v) is 10.3. The van der Waals surface area contributed by atoms with Gasteiger partial charge in [0.25, 0.3) is 16.1 Å². The minimum absolute atomic E-state index is 0.0680. The fraction of sp³-hybridized carbons (Fsp3) is 0.647. The van der Waals surface area contributed by atoms with Gasteiger partial charge in [-0.1, -0.05) is 13.8 Å².